The van der Waals surface area contributed by atoms with Crippen molar-refractivity contribution in [3.8, 4) is 0 Å². The Morgan fingerprint density at radius 3 is 2.47 bits per heavy atom. The van der Waals surface area contributed by atoms with Crippen LogP contribution in [-0.4, -0.2) is 27.8 Å². The summed E-state index contributed by atoms with van der Waals surface area (Å²) < 4.78 is 40.3. The van der Waals surface area contributed by atoms with Gasteiger partial charge in [0.1, 0.15) is 5.71 Å². The number of rotatable bonds is 7. The third kappa shape index (κ3) is 6.76. The smallest absolute Gasteiger partial charge is 0.398 e. The molecule has 32 heavy (non-hydrogen) atoms. The summed E-state index contributed by atoms with van der Waals surface area (Å²) in [6.07, 6.45) is 0.926. The van der Waals surface area contributed by atoms with E-state index in [1.807, 2.05) is 30.3 Å². The van der Waals surface area contributed by atoms with Gasteiger partial charge in [-0.25, -0.2) is 9.98 Å². The molecule has 0 bridgehead atoms. The van der Waals surface area contributed by atoms with Crippen molar-refractivity contribution < 1.29 is 18.0 Å². The first-order valence-corrected chi connectivity index (χ1v) is 9.64. The van der Waals surface area contributed by atoms with Crippen molar-refractivity contribution in [1.29, 1.82) is 0 Å². The molecule has 6 nitrogen and oxygen atoms in total. The van der Waals surface area contributed by atoms with Crippen molar-refractivity contribution in [1.82, 2.24) is 9.97 Å². The molecule has 0 aliphatic rings. The Hall–Kier alpha value is -4.01. The number of allylic oxidation sites excluding steroid dienone is 1. The number of anilines is 1. The topological polar surface area (TPSA) is 93.3 Å². The number of nitrogens with zero attached hydrogens (tertiary/aromatic N) is 3. The highest BCUT2D eigenvalue weighted by molar-refractivity contribution is 6.05. The maximum Gasteiger partial charge on any atom is 0.433 e. The number of carbonyl (C=O) groups excluding carboxylic acids is 1. The zero-order valence-corrected chi connectivity index (χ0v) is 16.9. The zero-order valence-electron chi connectivity index (χ0n) is 16.9. The molecule has 9 heteroatoms. The second-order valence-corrected chi connectivity index (χ2v) is 6.78. The van der Waals surface area contributed by atoms with Crippen LogP contribution in [0.15, 0.2) is 84.3 Å². The molecule has 1 amide bonds. The van der Waals surface area contributed by atoms with Crippen LogP contribution in [0.4, 0.5) is 24.7 Å². The van der Waals surface area contributed by atoms with Gasteiger partial charge in [-0.1, -0.05) is 30.3 Å². The Balaban J connectivity index is 1.69. The van der Waals surface area contributed by atoms with Gasteiger partial charge in [0.2, 0.25) is 5.91 Å². The van der Waals surface area contributed by atoms with Crippen molar-refractivity contribution in [2.45, 2.75) is 19.0 Å². The fourth-order valence-corrected chi connectivity index (χ4v) is 2.72. The SMILES string of the molecule is NC(=CC(=Nc1ccc(NC(=O)CCc2ccccc2)cn1)C(F)(F)F)c1cccnc1. The Morgan fingerprint density at radius 2 is 1.84 bits per heavy atom. The van der Waals surface area contributed by atoms with E-state index in [4.69, 9.17) is 5.73 Å². The molecule has 0 saturated heterocycles. The fraction of sp³-hybridized carbons (Fsp3) is 0.130. The summed E-state index contributed by atoms with van der Waals surface area (Å²) >= 11 is 0. The Bertz CT molecular complexity index is 1100. The average Bonchev–Trinajstić information content (AvgIpc) is 2.79. The highest BCUT2D eigenvalue weighted by Gasteiger charge is 2.34. The third-order valence-electron chi connectivity index (χ3n) is 4.33. The van der Waals surface area contributed by atoms with E-state index in [-0.39, 0.29) is 23.8 Å². The van der Waals surface area contributed by atoms with Gasteiger partial charge in [0.15, 0.2) is 5.82 Å². The maximum atomic E-state index is 13.4. The van der Waals surface area contributed by atoms with Gasteiger partial charge in [-0.05, 0) is 42.3 Å². The molecule has 0 aliphatic heterocycles. The highest BCUT2D eigenvalue weighted by atomic mass is 19.4. The van der Waals surface area contributed by atoms with E-state index in [1.165, 1.54) is 30.7 Å². The van der Waals surface area contributed by atoms with Gasteiger partial charge in [-0.15, -0.1) is 0 Å². The molecule has 164 valence electrons. The molecule has 0 radical (unpaired) electrons. The molecule has 1 aromatic carbocycles. The Labute approximate surface area is 182 Å². The number of aryl methyl sites for hydroxylation is 1. The molecule has 3 aromatic rings. The van der Waals surface area contributed by atoms with Gasteiger partial charge in [0.25, 0.3) is 0 Å². The monoisotopic (exact) mass is 439 g/mol. The molecule has 0 saturated carbocycles. The molecule has 2 heterocycles. The minimum atomic E-state index is -4.74. The third-order valence-corrected chi connectivity index (χ3v) is 4.33. The maximum absolute atomic E-state index is 13.4. The molecule has 0 aliphatic carbocycles. The number of aromatic nitrogens is 2. The first kappa shape index (κ1) is 22.7. The molecule has 0 spiro atoms. The van der Waals surface area contributed by atoms with Crippen LogP contribution in [-0.2, 0) is 11.2 Å². The summed E-state index contributed by atoms with van der Waals surface area (Å²) in [6, 6.07) is 15.4. The zero-order chi connectivity index (χ0) is 23.0. The summed E-state index contributed by atoms with van der Waals surface area (Å²) in [5.41, 5.74) is 6.17. The lowest BCUT2D eigenvalue weighted by Crippen LogP contribution is -2.22. The van der Waals surface area contributed by atoms with E-state index < -0.39 is 11.9 Å². The van der Waals surface area contributed by atoms with Gasteiger partial charge in [-0.3, -0.25) is 9.78 Å². The number of nitrogens with two attached hydrogens (primary N) is 1. The summed E-state index contributed by atoms with van der Waals surface area (Å²) in [6.45, 7) is 0. The lowest BCUT2D eigenvalue weighted by molar-refractivity contribution is -0.116. The number of halogens is 3. The predicted molar refractivity (Wildman–Crippen MR) is 117 cm³/mol. The van der Waals surface area contributed by atoms with Crippen LogP contribution >= 0.6 is 0 Å². The predicted octanol–water partition coefficient (Wildman–Crippen LogP) is 4.68. The van der Waals surface area contributed by atoms with Crippen LogP contribution in [0.2, 0.25) is 0 Å². The van der Waals surface area contributed by atoms with Gasteiger partial charge in [0.05, 0.1) is 11.9 Å². The molecule has 3 rings (SSSR count). The van der Waals surface area contributed by atoms with Crippen LogP contribution in [0.1, 0.15) is 17.5 Å². The number of nitrogens with one attached hydrogen (secondary N) is 1. The van der Waals surface area contributed by atoms with Gasteiger partial charge < -0.3 is 11.1 Å². The standard InChI is InChI=1S/C23H20F3N5O/c24-23(25,26)20(13-19(27)17-7-4-12-28-14-17)31-21-10-9-18(15-29-21)30-22(32)11-8-16-5-2-1-3-6-16/h1-7,9-10,12-15H,8,11,27H2,(H,30,32). The van der Waals surface area contributed by atoms with Crippen molar-refractivity contribution in [2.24, 2.45) is 10.7 Å². The number of hydrogen-bond acceptors (Lipinski definition) is 5. The van der Waals surface area contributed by atoms with Crippen molar-refractivity contribution >= 4 is 28.8 Å². The molecule has 2 aromatic heterocycles. The molecule has 3 N–H and O–H groups in total. The summed E-state index contributed by atoms with van der Waals surface area (Å²) in [4.78, 5) is 23.4. The number of aliphatic imine (C=N–C) groups is 1. The van der Waals surface area contributed by atoms with Crippen LogP contribution in [0, 0.1) is 0 Å². The molecule has 0 fully saturated rings. The second kappa shape index (κ2) is 10.3. The summed E-state index contributed by atoms with van der Waals surface area (Å²) in [5.74, 6) is -0.398. The fourth-order valence-electron chi connectivity index (χ4n) is 2.72. The van der Waals surface area contributed by atoms with Crippen LogP contribution in [0.25, 0.3) is 5.70 Å². The first-order valence-electron chi connectivity index (χ1n) is 9.64. The number of hydrogen-bond donors (Lipinski definition) is 2. The van der Waals surface area contributed by atoms with E-state index in [2.05, 4.69) is 20.3 Å². The van der Waals surface area contributed by atoms with E-state index >= 15 is 0 Å². The number of alkyl halides is 3. The number of pyridine rings is 2. The van der Waals surface area contributed by atoms with Crippen LogP contribution in [0.3, 0.4) is 0 Å². The van der Waals surface area contributed by atoms with Gasteiger partial charge >= 0.3 is 6.18 Å². The van der Waals surface area contributed by atoms with Crippen molar-refractivity contribution in [3.63, 3.8) is 0 Å². The van der Waals surface area contributed by atoms with E-state index in [9.17, 15) is 18.0 Å². The average molecular weight is 439 g/mol. The minimum absolute atomic E-state index is 0.128. The van der Waals surface area contributed by atoms with Crippen molar-refractivity contribution in [3.05, 3.63) is 90.4 Å². The highest BCUT2D eigenvalue weighted by Crippen LogP contribution is 2.24. The Kier molecular flexibility index (Phi) is 7.33. The van der Waals surface area contributed by atoms with Crippen LogP contribution < -0.4 is 11.1 Å². The normalized spacial score (nSPS) is 12.5. The largest absolute Gasteiger partial charge is 0.433 e. The van der Waals surface area contributed by atoms with E-state index in [0.29, 0.717) is 17.7 Å². The molecular formula is C23H20F3N5O. The lowest BCUT2D eigenvalue weighted by Gasteiger charge is -2.09. The van der Waals surface area contributed by atoms with Gasteiger partial charge in [0, 0.05) is 30.1 Å². The minimum Gasteiger partial charge on any atom is -0.398 e. The molecule has 0 unspecified atom stereocenters. The lowest BCUT2D eigenvalue weighted by atomic mass is 10.1. The number of carbonyl (C=O) groups is 1. The van der Waals surface area contributed by atoms with E-state index in [1.54, 1.807) is 12.1 Å². The Morgan fingerprint density at radius 1 is 1.06 bits per heavy atom. The first-order chi connectivity index (χ1) is 15.3. The van der Waals surface area contributed by atoms with Crippen molar-refractivity contribution in [2.75, 3.05) is 5.32 Å². The number of benzene rings is 1. The van der Waals surface area contributed by atoms with Crippen LogP contribution in [0.5, 0.6) is 0 Å². The molecular weight excluding hydrogens is 419 g/mol. The van der Waals surface area contributed by atoms with Gasteiger partial charge in [-0.2, -0.15) is 13.2 Å². The quantitative estimate of drug-likeness (QED) is 0.523. The van der Waals surface area contributed by atoms with E-state index in [0.717, 1.165) is 11.6 Å². The second-order valence-electron chi connectivity index (χ2n) is 6.78. The molecule has 0 atom stereocenters. The summed E-state index contributed by atoms with van der Waals surface area (Å²) in [7, 11) is 0. The number of amides is 1. The summed E-state index contributed by atoms with van der Waals surface area (Å²) in [5, 5.41) is 2.67.